The molecule has 118 valence electrons. The monoisotopic (exact) mass is 293 g/mol. The van der Waals surface area contributed by atoms with Gasteiger partial charge in [0, 0.05) is 38.8 Å². The molecule has 3 nitrogen and oxygen atoms in total. The number of piperazine rings is 1. The first-order valence-electron chi connectivity index (χ1n) is 7.84. The van der Waals surface area contributed by atoms with E-state index in [-0.39, 0.29) is 11.2 Å². The number of benzene rings is 1. The molecule has 21 heavy (non-hydrogen) atoms. The minimum atomic E-state index is -0.129. The van der Waals surface area contributed by atoms with Crippen LogP contribution in [0.5, 0.6) is 0 Å². The van der Waals surface area contributed by atoms with E-state index in [1.54, 1.807) is 6.07 Å². The van der Waals surface area contributed by atoms with E-state index in [0.29, 0.717) is 12.6 Å². The molecule has 1 fully saturated rings. The van der Waals surface area contributed by atoms with Crippen molar-refractivity contribution in [1.29, 1.82) is 0 Å². The molecule has 1 saturated heterocycles. The van der Waals surface area contributed by atoms with E-state index in [0.717, 1.165) is 38.3 Å². The number of hydrogen-bond donors (Lipinski definition) is 1. The van der Waals surface area contributed by atoms with Crippen LogP contribution in [-0.2, 0) is 0 Å². The van der Waals surface area contributed by atoms with Crippen molar-refractivity contribution in [2.24, 2.45) is 11.1 Å². The predicted molar refractivity (Wildman–Crippen MR) is 87.1 cm³/mol. The van der Waals surface area contributed by atoms with Gasteiger partial charge in [-0.25, -0.2) is 4.39 Å². The smallest absolute Gasteiger partial charge is 0.146 e. The Morgan fingerprint density at radius 1 is 1.14 bits per heavy atom. The van der Waals surface area contributed by atoms with Crippen LogP contribution in [0, 0.1) is 11.2 Å². The first-order chi connectivity index (χ1) is 9.90. The first-order valence-corrected chi connectivity index (χ1v) is 7.84. The zero-order valence-corrected chi connectivity index (χ0v) is 13.5. The van der Waals surface area contributed by atoms with E-state index in [1.807, 2.05) is 12.1 Å². The van der Waals surface area contributed by atoms with E-state index in [9.17, 15) is 4.39 Å². The van der Waals surface area contributed by atoms with Crippen molar-refractivity contribution in [2.45, 2.75) is 33.2 Å². The highest BCUT2D eigenvalue weighted by Gasteiger charge is 2.27. The van der Waals surface area contributed by atoms with E-state index >= 15 is 0 Å². The van der Waals surface area contributed by atoms with Crippen molar-refractivity contribution in [1.82, 2.24) is 4.90 Å². The molecule has 0 radical (unpaired) electrons. The number of rotatable bonds is 4. The zero-order valence-electron chi connectivity index (χ0n) is 13.5. The third-order valence-corrected chi connectivity index (χ3v) is 4.14. The third kappa shape index (κ3) is 4.42. The van der Waals surface area contributed by atoms with Gasteiger partial charge in [-0.2, -0.15) is 0 Å². The number of para-hydroxylation sites is 1. The Hall–Kier alpha value is -1.13. The molecule has 1 aliphatic rings. The Morgan fingerprint density at radius 3 is 2.29 bits per heavy atom. The van der Waals surface area contributed by atoms with Gasteiger partial charge in [-0.3, -0.25) is 4.90 Å². The van der Waals surface area contributed by atoms with E-state index in [4.69, 9.17) is 5.73 Å². The van der Waals surface area contributed by atoms with Crippen molar-refractivity contribution in [2.75, 3.05) is 37.6 Å². The Labute approximate surface area is 127 Å². The van der Waals surface area contributed by atoms with Gasteiger partial charge >= 0.3 is 0 Å². The normalized spacial score (nSPS) is 18.8. The molecule has 1 aromatic rings. The van der Waals surface area contributed by atoms with Gasteiger partial charge < -0.3 is 10.6 Å². The number of anilines is 1. The van der Waals surface area contributed by atoms with E-state index in [2.05, 4.69) is 30.6 Å². The molecule has 1 unspecified atom stereocenters. The van der Waals surface area contributed by atoms with Crippen LogP contribution in [-0.4, -0.2) is 43.7 Å². The number of nitrogens with two attached hydrogens (primary N) is 1. The largest absolute Gasteiger partial charge is 0.367 e. The molecule has 2 rings (SSSR count). The average molecular weight is 293 g/mol. The van der Waals surface area contributed by atoms with Crippen LogP contribution in [0.3, 0.4) is 0 Å². The van der Waals surface area contributed by atoms with Gasteiger partial charge in [-0.05, 0) is 24.0 Å². The minimum Gasteiger partial charge on any atom is -0.367 e. The lowest BCUT2D eigenvalue weighted by molar-refractivity contribution is 0.145. The Bertz CT molecular complexity index is 448. The predicted octanol–water partition coefficient (Wildman–Crippen LogP) is 2.71. The average Bonchev–Trinajstić information content (AvgIpc) is 2.45. The summed E-state index contributed by atoms with van der Waals surface area (Å²) in [4.78, 5) is 4.60. The zero-order chi connectivity index (χ0) is 15.5. The van der Waals surface area contributed by atoms with Crippen LogP contribution < -0.4 is 10.6 Å². The molecule has 2 N–H and O–H groups in total. The van der Waals surface area contributed by atoms with Crippen molar-refractivity contribution in [3.63, 3.8) is 0 Å². The Kier molecular flexibility index (Phi) is 5.22. The first kappa shape index (κ1) is 16.2. The van der Waals surface area contributed by atoms with Crippen molar-refractivity contribution < 1.29 is 4.39 Å². The SMILES string of the molecule is CC(C)(C)CC(CN)N1CCN(c2ccccc2F)CC1. The maximum absolute atomic E-state index is 13.8. The van der Waals surface area contributed by atoms with Crippen LogP contribution >= 0.6 is 0 Å². The van der Waals surface area contributed by atoms with Gasteiger partial charge in [0.25, 0.3) is 0 Å². The summed E-state index contributed by atoms with van der Waals surface area (Å²) in [5.41, 5.74) is 6.97. The summed E-state index contributed by atoms with van der Waals surface area (Å²) >= 11 is 0. The molecule has 4 heteroatoms. The second kappa shape index (κ2) is 6.75. The van der Waals surface area contributed by atoms with Gasteiger partial charge in [0.15, 0.2) is 0 Å². The molecule has 1 aromatic carbocycles. The summed E-state index contributed by atoms with van der Waals surface area (Å²) in [6.07, 6.45) is 1.10. The fraction of sp³-hybridized carbons (Fsp3) is 0.647. The summed E-state index contributed by atoms with van der Waals surface area (Å²) in [6, 6.07) is 7.45. The number of nitrogens with zero attached hydrogens (tertiary/aromatic N) is 2. The van der Waals surface area contributed by atoms with E-state index < -0.39 is 0 Å². The Balaban J connectivity index is 1.95. The van der Waals surface area contributed by atoms with Gasteiger partial charge in [0.1, 0.15) is 5.82 Å². The molecular formula is C17H28FN3. The number of hydrogen-bond acceptors (Lipinski definition) is 3. The van der Waals surface area contributed by atoms with Crippen LogP contribution in [0.4, 0.5) is 10.1 Å². The van der Waals surface area contributed by atoms with Gasteiger partial charge in [-0.15, -0.1) is 0 Å². The maximum atomic E-state index is 13.8. The standard InChI is InChI=1S/C17H28FN3/c1-17(2,3)12-14(13-19)20-8-10-21(11-9-20)16-7-5-4-6-15(16)18/h4-7,14H,8-13,19H2,1-3H3. The lowest BCUT2D eigenvalue weighted by atomic mass is 9.87. The summed E-state index contributed by atoms with van der Waals surface area (Å²) in [5, 5.41) is 0. The van der Waals surface area contributed by atoms with E-state index in [1.165, 1.54) is 6.07 Å². The summed E-state index contributed by atoms with van der Waals surface area (Å²) in [7, 11) is 0. The lowest BCUT2D eigenvalue weighted by Gasteiger charge is -2.41. The molecule has 1 aliphatic heterocycles. The van der Waals surface area contributed by atoms with Gasteiger partial charge in [-0.1, -0.05) is 32.9 Å². The van der Waals surface area contributed by atoms with Crippen LogP contribution in [0.2, 0.25) is 0 Å². The fourth-order valence-corrected chi connectivity index (χ4v) is 3.10. The molecule has 0 spiro atoms. The molecule has 1 atom stereocenters. The highest BCUT2D eigenvalue weighted by Crippen LogP contribution is 2.25. The molecule has 0 saturated carbocycles. The molecule has 0 aliphatic carbocycles. The van der Waals surface area contributed by atoms with Gasteiger partial charge in [0.2, 0.25) is 0 Å². The summed E-state index contributed by atoms with van der Waals surface area (Å²) < 4.78 is 13.8. The van der Waals surface area contributed by atoms with Crippen molar-refractivity contribution in [3.05, 3.63) is 30.1 Å². The molecule has 0 bridgehead atoms. The van der Waals surface area contributed by atoms with Crippen LogP contribution in [0.15, 0.2) is 24.3 Å². The van der Waals surface area contributed by atoms with Crippen molar-refractivity contribution in [3.8, 4) is 0 Å². The quantitative estimate of drug-likeness (QED) is 0.926. The van der Waals surface area contributed by atoms with Gasteiger partial charge in [0.05, 0.1) is 5.69 Å². The molecule has 1 heterocycles. The summed E-state index contributed by atoms with van der Waals surface area (Å²) in [6.45, 7) is 11.1. The highest BCUT2D eigenvalue weighted by molar-refractivity contribution is 5.48. The minimum absolute atomic E-state index is 0.129. The Morgan fingerprint density at radius 2 is 1.76 bits per heavy atom. The van der Waals surface area contributed by atoms with Crippen LogP contribution in [0.1, 0.15) is 27.2 Å². The highest BCUT2D eigenvalue weighted by atomic mass is 19.1. The van der Waals surface area contributed by atoms with Crippen molar-refractivity contribution >= 4 is 5.69 Å². The maximum Gasteiger partial charge on any atom is 0.146 e. The molecule has 0 amide bonds. The molecular weight excluding hydrogens is 265 g/mol. The number of halogens is 1. The topological polar surface area (TPSA) is 32.5 Å². The lowest BCUT2D eigenvalue weighted by Crippen LogP contribution is -2.53. The summed E-state index contributed by atoms with van der Waals surface area (Å²) in [5.74, 6) is -0.129. The second-order valence-electron chi connectivity index (χ2n) is 7.13. The second-order valence-corrected chi connectivity index (χ2v) is 7.13. The molecule has 0 aromatic heterocycles. The third-order valence-electron chi connectivity index (χ3n) is 4.14. The fourth-order valence-electron chi connectivity index (χ4n) is 3.10. The van der Waals surface area contributed by atoms with Crippen LogP contribution in [0.25, 0.3) is 0 Å².